The van der Waals surface area contributed by atoms with Crippen molar-refractivity contribution < 1.29 is 42.4 Å². The highest BCUT2D eigenvalue weighted by molar-refractivity contribution is 5.88. The quantitative estimate of drug-likeness (QED) is 0.801. The van der Waals surface area contributed by atoms with Gasteiger partial charge in [-0.05, 0) is 30.7 Å². The Morgan fingerprint density at radius 1 is 1.32 bits per heavy atom. The topological polar surface area (TPSA) is 93.1 Å². The van der Waals surface area contributed by atoms with Crippen molar-refractivity contribution in [1.82, 2.24) is 0 Å². The summed E-state index contributed by atoms with van der Waals surface area (Å²) in [5.41, 5.74) is -0.579. The molecule has 6 nitrogen and oxygen atoms in total. The molecule has 1 aromatic carbocycles. The lowest BCUT2D eigenvalue weighted by Crippen LogP contribution is -2.45. The van der Waals surface area contributed by atoms with E-state index in [0.717, 1.165) is 24.3 Å². The maximum Gasteiger partial charge on any atom is 0.416 e. The second-order valence-electron chi connectivity index (χ2n) is 5.37. The van der Waals surface area contributed by atoms with Gasteiger partial charge in [-0.2, -0.15) is 13.2 Å². The van der Waals surface area contributed by atoms with Crippen LogP contribution < -0.4 is 0 Å². The van der Waals surface area contributed by atoms with E-state index in [9.17, 15) is 27.9 Å². The zero-order chi connectivity index (χ0) is 18.8. The van der Waals surface area contributed by atoms with Crippen molar-refractivity contribution in [2.24, 2.45) is 0 Å². The number of aliphatic carboxylic acids is 1. The molecule has 1 heterocycles. The maximum atomic E-state index is 12.6. The number of rotatable bonds is 4. The van der Waals surface area contributed by atoms with Gasteiger partial charge in [-0.1, -0.05) is 12.1 Å². The summed E-state index contributed by atoms with van der Waals surface area (Å²) in [6.45, 7) is 1.52. The number of carbonyl (C=O) groups is 2. The second kappa shape index (κ2) is 6.75. The standard InChI is InChI=1S/C16H15F3O6/c1-2-24-13(20)12-7-10(8-15(23,25-12)14(21)22)9-3-5-11(6-4-9)16(17,18)19/h3-7,10,23H,2,8H2,1H3,(H,21,22). The summed E-state index contributed by atoms with van der Waals surface area (Å²) in [5, 5.41) is 19.2. The van der Waals surface area contributed by atoms with E-state index >= 15 is 0 Å². The number of carboxylic acids is 1. The molecule has 1 aromatic rings. The van der Waals surface area contributed by atoms with Gasteiger partial charge in [0, 0.05) is 12.3 Å². The third kappa shape index (κ3) is 4.11. The lowest BCUT2D eigenvalue weighted by molar-refractivity contribution is -0.219. The molecule has 2 unspecified atom stereocenters. The van der Waals surface area contributed by atoms with Gasteiger partial charge in [0.2, 0.25) is 5.76 Å². The Balaban J connectivity index is 2.38. The van der Waals surface area contributed by atoms with E-state index in [1.54, 1.807) is 0 Å². The fourth-order valence-corrected chi connectivity index (χ4v) is 2.37. The highest BCUT2D eigenvalue weighted by Crippen LogP contribution is 2.37. The normalized spacial score (nSPS) is 23.4. The number of hydrogen-bond acceptors (Lipinski definition) is 5. The number of alkyl halides is 3. The first-order valence-electron chi connectivity index (χ1n) is 7.27. The predicted octanol–water partition coefficient (Wildman–Crippen LogP) is 2.43. The van der Waals surface area contributed by atoms with Crippen LogP contribution in [0.4, 0.5) is 13.2 Å². The Morgan fingerprint density at radius 2 is 1.92 bits per heavy atom. The van der Waals surface area contributed by atoms with Crippen molar-refractivity contribution in [2.45, 2.75) is 31.2 Å². The number of aliphatic hydroxyl groups is 1. The van der Waals surface area contributed by atoms with Crippen molar-refractivity contribution in [2.75, 3.05) is 6.61 Å². The number of ether oxygens (including phenoxy) is 2. The number of carboxylic acid groups (broad SMARTS) is 1. The van der Waals surface area contributed by atoms with E-state index in [2.05, 4.69) is 0 Å². The van der Waals surface area contributed by atoms with Crippen LogP contribution >= 0.6 is 0 Å². The van der Waals surface area contributed by atoms with Crippen molar-refractivity contribution >= 4 is 11.9 Å². The van der Waals surface area contributed by atoms with Crippen LogP contribution in [0, 0.1) is 0 Å². The number of allylic oxidation sites excluding steroid dienone is 1. The molecule has 136 valence electrons. The highest BCUT2D eigenvalue weighted by atomic mass is 19.4. The SMILES string of the molecule is CCOC(=O)C1=CC(c2ccc(C(F)(F)F)cc2)CC(O)(C(=O)O)O1. The Morgan fingerprint density at radius 3 is 2.40 bits per heavy atom. The fourth-order valence-electron chi connectivity index (χ4n) is 2.37. The second-order valence-corrected chi connectivity index (χ2v) is 5.37. The summed E-state index contributed by atoms with van der Waals surface area (Å²) < 4.78 is 47.5. The molecule has 0 saturated carbocycles. The first-order valence-corrected chi connectivity index (χ1v) is 7.27. The molecule has 0 saturated heterocycles. The molecule has 2 rings (SSSR count). The summed E-state index contributed by atoms with van der Waals surface area (Å²) in [4.78, 5) is 23.1. The fraction of sp³-hybridized carbons (Fsp3) is 0.375. The molecule has 0 aromatic heterocycles. The molecule has 0 spiro atoms. The lowest BCUT2D eigenvalue weighted by atomic mass is 9.88. The molecule has 0 radical (unpaired) electrons. The molecule has 1 aliphatic rings. The number of hydrogen-bond donors (Lipinski definition) is 2. The minimum Gasteiger partial charge on any atom is -0.476 e. The van der Waals surface area contributed by atoms with Gasteiger partial charge in [0.25, 0.3) is 0 Å². The summed E-state index contributed by atoms with van der Waals surface area (Å²) in [6, 6.07) is 3.98. The average molecular weight is 360 g/mol. The molecule has 25 heavy (non-hydrogen) atoms. The molecule has 2 atom stereocenters. The third-order valence-corrected chi connectivity index (χ3v) is 3.60. The zero-order valence-electron chi connectivity index (χ0n) is 13.0. The summed E-state index contributed by atoms with van der Waals surface area (Å²) in [6.07, 6.45) is -3.77. The Kier molecular flexibility index (Phi) is 5.07. The van der Waals surface area contributed by atoms with E-state index in [1.165, 1.54) is 13.0 Å². The average Bonchev–Trinajstić information content (AvgIpc) is 2.54. The summed E-state index contributed by atoms with van der Waals surface area (Å²) in [7, 11) is 0. The van der Waals surface area contributed by atoms with Crippen LogP contribution in [0.2, 0.25) is 0 Å². The number of benzene rings is 1. The van der Waals surface area contributed by atoms with Gasteiger partial charge in [-0.15, -0.1) is 0 Å². The first kappa shape index (κ1) is 18.8. The van der Waals surface area contributed by atoms with Crippen LogP contribution in [0.15, 0.2) is 36.1 Å². The molecule has 1 aliphatic heterocycles. The third-order valence-electron chi connectivity index (χ3n) is 3.60. The van der Waals surface area contributed by atoms with Gasteiger partial charge in [0.1, 0.15) is 0 Å². The number of halogens is 3. The molecule has 0 amide bonds. The van der Waals surface area contributed by atoms with Crippen LogP contribution in [-0.2, 0) is 25.2 Å². The number of carbonyl (C=O) groups excluding carboxylic acids is 1. The minimum atomic E-state index is -4.51. The van der Waals surface area contributed by atoms with Gasteiger partial charge in [0.05, 0.1) is 12.2 Å². The van der Waals surface area contributed by atoms with Gasteiger partial charge >= 0.3 is 23.9 Å². The van der Waals surface area contributed by atoms with Gasteiger partial charge in [-0.25, -0.2) is 9.59 Å². The van der Waals surface area contributed by atoms with Crippen molar-refractivity contribution in [1.29, 1.82) is 0 Å². The van der Waals surface area contributed by atoms with E-state index < -0.39 is 47.6 Å². The van der Waals surface area contributed by atoms with Crippen molar-refractivity contribution in [3.8, 4) is 0 Å². The van der Waals surface area contributed by atoms with Crippen LogP contribution in [0.25, 0.3) is 0 Å². The van der Waals surface area contributed by atoms with Gasteiger partial charge < -0.3 is 19.7 Å². The van der Waals surface area contributed by atoms with Crippen molar-refractivity contribution in [3.05, 3.63) is 47.2 Å². The smallest absolute Gasteiger partial charge is 0.416 e. The molecule has 2 N–H and O–H groups in total. The first-order chi connectivity index (χ1) is 11.6. The van der Waals surface area contributed by atoms with E-state index in [-0.39, 0.29) is 12.2 Å². The Bertz CT molecular complexity index is 695. The van der Waals surface area contributed by atoms with Gasteiger partial charge in [-0.3, -0.25) is 0 Å². The molecule has 0 bridgehead atoms. The van der Waals surface area contributed by atoms with Crippen LogP contribution in [0.5, 0.6) is 0 Å². The Hall–Kier alpha value is -2.55. The zero-order valence-corrected chi connectivity index (χ0v) is 13.0. The minimum absolute atomic E-state index is 0.00399. The number of esters is 1. The molecular formula is C16H15F3O6. The summed E-state index contributed by atoms with van der Waals surface area (Å²) in [5.74, 6) is -6.75. The van der Waals surface area contributed by atoms with Crippen LogP contribution in [0.3, 0.4) is 0 Å². The highest BCUT2D eigenvalue weighted by Gasteiger charge is 2.46. The largest absolute Gasteiger partial charge is 0.476 e. The van der Waals surface area contributed by atoms with E-state index in [1.807, 2.05) is 0 Å². The van der Waals surface area contributed by atoms with Crippen molar-refractivity contribution in [3.63, 3.8) is 0 Å². The van der Waals surface area contributed by atoms with Crippen LogP contribution in [-0.4, -0.2) is 34.5 Å². The lowest BCUT2D eigenvalue weighted by Gasteiger charge is -2.32. The van der Waals surface area contributed by atoms with Crippen LogP contribution in [0.1, 0.15) is 30.4 Å². The molecule has 0 fully saturated rings. The van der Waals surface area contributed by atoms with E-state index in [4.69, 9.17) is 14.6 Å². The summed E-state index contributed by atoms with van der Waals surface area (Å²) >= 11 is 0. The van der Waals surface area contributed by atoms with E-state index in [0.29, 0.717) is 0 Å². The monoisotopic (exact) mass is 360 g/mol. The predicted molar refractivity (Wildman–Crippen MR) is 77.2 cm³/mol. The molecular weight excluding hydrogens is 345 g/mol. The van der Waals surface area contributed by atoms with Gasteiger partial charge in [0.15, 0.2) is 0 Å². The molecule has 0 aliphatic carbocycles. The maximum absolute atomic E-state index is 12.6. The molecule has 9 heteroatoms. The Labute approximate surface area is 140 Å².